The van der Waals surface area contributed by atoms with E-state index >= 15 is 0 Å². The molecule has 114 valence electrons. The van der Waals surface area contributed by atoms with Gasteiger partial charge in [-0.15, -0.1) is 0 Å². The minimum absolute atomic E-state index is 0.0553. The highest BCUT2D eigenvalue weighted by atomic mass is 16.5. The number of hydrogen-bond donors (Lipinski definition) is 2. The zero-order chi connectivity index (χ0) is 15.1. The lowest BCUT2D eigenvalue weighted by molar-refractivity contribution is -0.120. The van der Waals surface area contributed by atoms with E-state index in [1.165, 1.54) is 25.0 Å². The lowest BCUT2D eigenvalue weighted by Gasteiger charge is -2.06. The normalized spacial score (nSPS) is 13.9. The van der Waals surface area contributed by atoms with E-state index in [1.54, 1.807) is 12.1 Å². The van der Waals surface area contributed by atoms with Crippen molar-refractivity contribution in [2.45, 2.75) is 25.7 Å². The zero-order valence-corrected chi connectivity index (χ0v) is 12.0. The summed E-state index contributed by atoms with van der Waals surface area (Å²) in [6.45, 7) is 2.14. The van der Waals surface area contributed by atoms with E-state index in [4.69, 9.17) is 9.84 Å². The first-order valence-corrected chi connectivity index (χ1v) is 7.32. The molecule has 21 heavy (non-hydrogen) atoms. The molecule has 0 spiro atoms. The van der Waals surface area contributed by atoms with Gasteiger partial charge in [-0.1, -0.05) is 12.1 Å². The second-order valence-corrected chi connectivity index (χ2v) is 5.40. The molecule has 2 N–H and O–H groups in total. The van der Waals surface area contributed by atoms with Gasteiger partial charge in [-0.3, -0.25) is 4.79 Å². The first-order chi connectivity index (χ1) is 10.1. The van der Waals surface area contributed by atoms with Crippen LogP contribution in [0.1, 0.15) is 35.2 Å². The molecule has 1 amide bonds. The SMILES string of the molecule is O=C(Cc1ccc(C(=O)O)cc1)NCCCOCC1CC1. The van der Waals surface area contributed by atoms with Gasteiger partial charge in [0.1, 0.15) is 0 Å². The van der Waals surface area contributed by atoms with E-state index in [-0.39, 0.29) is 17.9 Å². The van der Waals surface area contributed by atoms with Crippen molar-refractivity contribution in [3.05, 3.63) is 35.4 Å². The zero-order valence-electron chi connectivity index (χ0n) is 12.0. The molecule has 1 aliphatic rings. The van der Waals surface area contributed by atoms with Crippen molar-refractivity contribution in [3.8, 4) is 0 Å². The number of benzene rings is 1. The maximum Gasteiger partial charge on any atom is 0.335 e. The Morgan fingerprint density at radius 1 is 1.24 bits per heavy atom. The highest BCUT2D eigenvalue weighted by Gasteiger charge is 2.20. The van der Waals surface area contributed by atoms with Crippen LogP contribution >= 0.6 is 0 Å². The molecule has 0 heterocycles. The molecule has 5 heteroatoms. The number of ether oxygens (including phenoxy) is 1. The number of carbonyl (C=O) groups is 2. The van der Waals surface area contributed by atoms with Crippen molar-refractivity contribution in [3.63, 3.8) is 0 Å². The lowest BCUT2D eigenvalue weighted by atomic mass is 10.1. The van der Waals surface area contributed by atoms with Crippen LogP contribution < -0.4 is 5.32 Å². The quantitative estimate of drug-likeness (QED) is 0.681. The van der Waals surface area contributed by atoms with Gasteiger partial charge in [0.15, 0.2) is 0 Å². The molecular formula is C16H21NO4. The second kappa shape index (κ2) is 7.78. The summed E-state index contributed by atoms with van der Waals surface area (Å²) in [5.74, 6) is -0.245. The number of carboxylic acids is 1. The van der Waals surface area contributed by atoms with Crippen LogP contribution in [0, 0.1) is 5.92 Å². The number of amides is 1. The summed E-state index contributed by atoms with van der Waals surface area (Å²) in [6, 6.07) is 6.36. The van der Waals surface area contributed by atoms with Crippen LogP contribution in [-0.2, 0) is 16.0 Å². The number of carboxylic acid groups (broad SMARTS) is 1. The highest BCUT2D eigenvalue weighted by Crippen LogP contribution is 2.28. The fourth-order valence-electron chi connectivity index (χ4n) is 1.95. The molecule has 0 unspecified atom stereocenters. The van der Waals surface area contributed by atoms with Crippen LogP contribution in [0.15, 0.2) is 24.3 Å². The second-order valence-electron chi connectivity index (χ2n) is 5.40. The van der Waals surface area contributed by atoms with E-state index < -0.39 is 5.97 Å². The average molecular weight is 291 g/mol. The summed E-state index contributed by atoms with van der Waals surface area (Å²) in [7, 11) is 0. The molecule has 1 aliphatic carbocycles. The molecule has 0 saturated heterocycles. The summed E-state index contributed by atoms with van der Waals surface area (Å²) >= 11 is 0. The summed E-state index contributed by atoms with van der Waals surface area (Å²) < 4.78 is 5.49. The van der Waals surface area contributed by atoms with Crippen LogP contribution in [0.2, 0.25) is 0 Å². The lowest BCUT2D eigenvalue weighted by Crippen LogP contribution is -2.26. The van der Waals surface area contributed by atoms with Crippen LogP contribution in [0.4, 0.5) is 0 Å². The number of hydrogen-bond acceptors (Lipinski definition) is 3. The fraction of sp³-hybridized carbons (Fsp3) is 0.500. The predicted octanol–water partition coefficient (Wildman–Crippen LogP) is 1.86. The van der Waals surface area contributed by atoms with Gasteiger partial charge in [0.2, 0.25) is 5.91 Å². The van der Waals surface area contributed by atoms with Gasteiger partial charge in [0.05, 0.1) is 12.0 Å². The van der Waals surface area contributed by atoms with E-state index in [0.29, 0.717) is 13.2 Å². The van der Waals surface area contributed by atoms with Crippen LogP contribution in [0.3, 0.4) is 0 Å². The van der Waals surface area contributed by atoms with Crippen molar-refractivity contribution in [1.82, 2.24) is 5.32 Å². The number of aromatic carboxylic acids is 1. The van der Waals surface area contributed by atoms with Gasteiger partial charge in [-0.05, 0) is 42.9 Å². The Hall–Kier alpha value is -1.88. The first-order valence-electron chi connectivity index (χ1n) is 7.32. The highest BCUT2D eigenvalue weighted by molar-refractivity contribution is 5.87. The molecule has 5 nitrogen and oxygen atoms in total. The third-order valence-electron chi connectivity index (χ3n) is 3.40. The number of rotatable bonds is 9. The minimum Gasteiger partial charge on any atom is -0.478 e. The Kier molecular flexibility index (Phi) is 5.75. The smallest absolute Gasteiger partial charge is 0.335 e. The third kappa shape index (κ3) is 5.95. The average Bonchev–Trinajstić information content (AvgIpc) is 3.27. The molecule has 1 saturated carbocycles. The Labute approximate surface area is 124 Å². The van der Waals surface area contributed by atoms with Crippen molar-refractivity contribution >= 4 is 11.9 Å². The van der Waals surface area contributed by atoms with Crippen molar-refractivity contribution in [2.24, 2.45) is 5.92 Å². The first kappa shape index (κ1) is 15.5. The predicted molar refractivity (Wildman–Crippen MR) is 78.3 cm³/mol. The van der Waals surface area contributed by atoms with Crippen molar-refractivity contribution < 1.29 is 19.4 Å². The molecule has 0 radical (unpaired) electrons. The van der Waals surface area contributed by atoms with Crippen molar-refractivity contribution in [1.29, 1.82) is 0 Å². The number of nitrogens with one attached hydrogen (secondary N) is 1. The Balaban J connectivity index is 1.58. The molecule has 2 rings (SSSR count). The van der Waals surface area contributed by atoms with E-state index in [9.17, 15) is 9.59 Å². The van der Waals surface area contributed by atoms with Crippen LogP contribution in [0.5, 0.6) is 0 Å². The van der Waals surface area contributed by atoms with E-state index in [2.05, 4.69) is 5.32 Å². The monoisotopic (exact) mass is 291 g/mol. The van der Waals surface area contributed by atoms with Gasteiger partial charge in [-0.2, -0.15) is 0 Å². The summed E-state index contributed by atoms with van der Waals surface area (Å²) in [6.07, 6.45) is 3.66. The van der Waals surface area contributed by atoms with Gasteiger partial charge >= 0.3 is 5.97 Å². The molecule has 1 fully saturated rings. The maximum atomic E-state index is 11.7. The summed E-state index contributed by atoms with van der Waals surface area (Å²) in [4.78, 5) is 22.4. The molecule has 1 aromatic rings. The molecule has 0 bridgehead atoms. The molecule has 0 aliphatic heterocycles. The Morgan fingerprint density at radius 2 is 1.95 bits per heavy atom. The molecular weight excluding hydrogens is 270 g/mol. The topological polar surface area (TPSA) is 75.6 Å². The largest absolute Gasteiger partial charge is 0.478 e. The Morgan fingerprint density at radius 3 is 2.57 bits per heavy atom. The third-order valence-corrected chi connectivity index (χ3v) is 3.40. The summed E-state index contributed by atoms with van der Waals surface area (Å²) in [5, 5.41) is 11.6. The molecule has 0 atom stereocenters. The number of carbonyl (C=O) groups excluding carboxylic acids is 1. The van der Waals surface area contributed by atoms with Crippen molar-refractivity contribution in [2.75, 3.05) is 19.8 Å². The molecule has 1 aromatic carbocycles. The van der Waals surface area contributed by atoms with E-state index in [0.717, 1.165) is 24.5 Å². The van der Waals surface area contributed by atoms with Gasteiger partial charge < -0.3 is 15.2 Å². The fourth-order valence-corrected chi connectivity index (χ4v) is 1.95. The van der Waals surface area contributed by atoms with Gasteiger partial charge in [-0.25, -0.2) is 4.79 Å². The van der Waals surface area contributed by atoms with Crippen LogP contribution in [0.25, 0.3) is 0 Å². The standard InChI is InChI=1S/C16H21NO4/c18-15(17-8-1-9-21-11-13-2-3-13)10-12-4-6-14(7-5-12)16(19)20/h4-7,13H,1-3,8-11H2,(H,17,18)(H,19,20). The van der Waals surface area contributed by atoms with Gasteiger partial charge in [0, 0.05) is 19.8 Å². The van der Waals surface area contributed by atoms with E-state index in [1.807, 2.05) is 0 Å². The van der Waals surface area contributed by atoms with Crippen LogP contribution in [-0.4, -0.2) is 36.7 Å². The van der Waals surface area contributed by atoms with Gasteiger partial charge in [0.25, 0.3) is 0 Å². The Bertz CT molecular complexity index is 480. The maximum absolute atomic E-state index is 11.7. The molecule has 0 aromatic heterocycles. The summed E-state index contributed by atoms with van der Waals surface area (Å²) in [5.41, 5.74) is 1.04. The minimum atomic E-state index is -0.961.